The van der Waals surface area contributed by atoms with Gasteiger partial charge in [-0.05, 0) is 43.0 Å². The van der Waals surface area contributed by atoms with Crippen molar-refractivity contribution in [1.82, 2.24) is 10.1 Å². The summed E-state index contributed by atoms with van der Waals surface area (Å²) in [5, 5.41) is 7.86. The Morgan fingerprint density at radius 1 is 1.27 bits per heavy atom. The topological polar surface area (TPSA) is 68.0 Å². The maximum atomic E-state index is 11.7. The fourth-order valence-corrected chi connectivity index (χ4v) is 2.97. The van der Waals surface area contributed by atoms with Crippen LogP contribution in [0.4, 0.5) is 5.69 Å². The highest BCUT2D eigenvalue weighted by atomic mass is 16.5. The molecule has 0 atom stereocenters. The van der Waals surface area contributed by atoms with Gasteiger partial charge in [0.25, 0.3) is 5.71 Å². The summed E-state index contributed by atoms with van der Waals surface area (Å²) >= 11 is 0. The number of carbonyl (C=O) groups excluding carboxylic acids is 1. The Balaban J connectivity index is 1.89. The van der Waals surface area contributed by atoms with Gasteiger partial charge in [0.05, 0.1) is 11.1 Å². The van der Waals surface area contributed by atoms with E-state index in [9.17, 15) is 4.79 Å². The van der Waals surface area contributed by atoms with Gasteiger partial charge in [0.15, 0.2) is 0 Å². The van der Waals surface area contributed by atoms with E-state index in [1.54, 1.807) is 6.20 Å². The lowest BCUT2D eigenvalue weighted by Gasteiger charge is -2.12. The van der Waals surface area contributed by atoms with Crippen LogP contribution in [0.2, 0.25) is 0 Å². The van der Waals surface area contributed by atoms with Crippen molar-refractivity contribution in [3.63, 3.8) is 0 Å². The molecule has 1 aromatic carbocycles. The number of rotatable bonds is 1. The molecule has 110 valence electrons. The number of nitrogens with one attached hydrogen (secondary N) is 1. The van der Waals surface area contributed by atoms with E-state index in [1.807, 2.05) is 19.1 Å². The van der Waals surface area contributed by atoms with E-state index in [1.165, 1.54) is 5.56 Å². The molecule has 0 spiro atoms. The molecule has 0 aliphatic carbocycles. The fraction of sp³-hybridized carbons (Fsp3) is 0.235. The van der Waals surface area contributed by atoms with Crippen LogP contribution in [0.3, 0.4) is 0 Å². The Hall–Kier alpha value is -2.69. The standard InChI is InChI=1S/C17H15N3O2/c1-10-14-8-11(9-18-17(14)22-20-10)12-4-2-6-15-13(12)5-3-7-16(21)19-15/h2,4,6,8-9H,3,5,7H2,1H3,(H,19,21). The van der Waals surface area contributed by atoms with Gasteiger partial charge in [-0.15, -0.1) is 0 Å². The second-order valence-electron chi connectivity index (χ2n) is 5.58. The lowest BCUT2D eigenvalue weighted by Crippen LogP contribution is -2.09. The summed E-state index contributed by atoms with van der Waals surface area (Å²) in [5.41, 5.74) is 5.59. The number of pyridine rings is 1. The average Bonchev–Trinajstić information content (AvgIpc) is 2.77. The zero-order valence-electron chi connectivity index (χ0n) is 12.2. The first kappa shape index (κ1) is 13.0. The normalized spacial score (nSPS) is 14.5. The van der Waals surface area contributed by atoms with E-state index in [0.29, 0.717) is 12.1 Å². The number of carbonyl (C=O) groups is 1. The monoisotopic (exact) mass is 293 g/mol. The first-order valence-electron chi connectivity index (χ1n) is 7.36. The maximum absolute atomic E-state index is 11.7. The first-order chi connectivity index (χ1) is 10.7. The van der Waals surface area contributed by atoms with Crippen molar-refractivity contribution < 1.29 is 9.32 Å². The molecule has 5 nitrogen and oxygen atoms in total. The van der Waals surface area contributed by atoms with Crippen LogP contribution in [-0.4, -0.2) is 16.0 Å². The predicted octanol–water partition coefficient (Wildman–Crippen LogP) is 3.47. The number of hydrogen-bond acceptors (Lipinski definition) is 4. The van der Waals surface area contributed by atoms with Crippen molar-refractivity contribution in [2.75, 3.05) is 5.32 Å². The third-order valence-corrected chi connectivity index (χ3v) is 4.10. The number of hydrogen-bond donors (Lipinski definition) is 1. The maximum Gasteiger partial charge on any atom is 0.257 e. The van der Waals surface area contributed by atoms with Crippen molar-refractivity contribution in [3.05, 3.63) is 41.7 Å². The van der Waals surface area contributed by atoms with Crippen molar-refractivity contribution in [2.45, 2.75) is 26.2 Å². The highest BCUT2D eigenvalue weighted by molar-refractivity contribution is 5.94. The molecule has 1 amide bonds. The van der Waals surface area contributed by atoms with Gasteiger partial charge in [0, 0.05) is 23.9 Å². The van der Waals surface area contributed by atoms with Crippen LogP contribution in [0.5, 0.6) is 0 Å². The second kappa shape index (κ2) is 4.94. The van der Waals surface area contributed by atoms with Crippen LogP contribution < -0.4 is 5.32 Å². The van der Waals surface area contributed by atoms with Gasteiger partial charge in [-0.1, -0.05) is 17.3 Å². The summed E-state index contributed by atoms with van der Waals surface area (Å²) in [6.07, 6.45) is 4.11. The molecule has 0 radical (unpaired) electrons. The largest absolute Gasteiger partial charge is 0.336 e. The third-order valence-electron chi connectivity index (χ3n) is 4.10. The van der Waals surface area contributed by atoms with E-state index in [0.717, 1.165) is 40.7 Å². The predicted molar refractivity (Wildman–Crippen MR) is 83.5 cm³/mol. The van der Waals surface area contributed by atoms with Gasteiger partial charge in [-0.3, -0.25) is 4.79 Å². The Bertz CT molecular complexity index is 883. The highest BCUT2D eigenvalue weighted by Crippen LogP contribution is 2.33. The summed E-state index contributed by atoms with van der Waals surface area (Å²) in [5.74, 6) is 0.0827. The van der Waals surface area contributed by atoms with Gasteiger partial charge in [0.2, 0.25) is 5.91 Å². The summed E-state index contributed by atoms with van der Waals surface area (Å²) in [7, 11) is 0. The van der Waals surface area contributed by atoms with Crippen LogP contribution in [0, 0.1) is 6.92 Å². The minimum Gasteiger partial charge on any atom is -0.336 e. The zero-order chi connectivity index (χ0) is 15.1. The van der Waals surface area contributed by atoms with E-state index in [-0.39, 0.29) is 5.91 Å². The van der Waals surface area contributed by atoms with E-state index in [2.05, 4.69) is 27.6 Å². The summed E-state index contributed by atoms with van der Waals surface area (Å²) < 4.78 is 5.17. The number of anilines is 1. The molecule has 3 heterocycles. The average molecular weight is 293 g/mol. The minimum absolute atomic E-state index is 0.0827. The lowest BCUT2D eigenvalue weighted by molar-refractivity contribution is -0.116. The molecule has 1 N–H and O–H groups in total. The number of amides is 1. The highest BCUT2D eigenvalue weighted by Gasteiger charge is 2.17. The molecule has 0 bridgehead atoms. The smallest absolute Gasteiger partial charge is 0.257 e. The molecule has 5 heteroatoms. The zero-order valence-corrected chi connectivity index (χ0v) is 12.2. The van der Waals surface area contributed by atoms with E-state index >= 15 is 0 Å². The Labute approximate surface area is 127 Å². The molecule has 1 aliphatic rings. The van der Waals surface area contributed by atoms with Gasteiger partial charge >= 0.3 is 0 Å². The van der Waals surface area contributed by atoms with Crippen molar-refractivity contribution in [2.24, 2.45) is 0 Å². The number of aryl methyl sites for hydroxylation is 1. The number of fused-ring (bicyclic) bond motifs is 2. The molecule has 3 aromatic rings. The Morgan fingerprint density at radius 2 is 2.18 bits per heavy atom. The number of aromatic nitrogens is 2. The molecular weight excluding hydrogens is 278 g/mol. The SMILES string of the molecule is Cc1noc2ncc(-c3cccc4c3CCCC(=O)N4)cc12. The molecule has 0 saturated carbocycles. The van der Waals surface area contributed by atoms with E-state index in [4.69, 9.17) is 4.52 Å². The molecule has 1 aliphatic heterocycles. The van der Waals surface area contributed by atoms with E-state index < -0.39 is 0 Å². The summed E-state index contributed by atoms with van der Waals surface area (Å²) in [6.45, 7) is 1.91. The van der Waals surface area contributed by atoms with Gasteiger partial charge < -0.3 is 9.84 Å². The molecule has 22 heavy (non-hydrogen) atoms. The summed E-state index contributed by atoms with van der Waals surface area (Å²) in [4.78, 5) is 16.1. The van der Waals surface area contributed by atoms with Crippen molar-refractivity contribution in [1.29, 1.82) is 0 Å². The molecule has 0 unspecified atom stereocenters. The number of nitrogens with zero attached hydrogens (tertiary/aromatic N) is 2. The first-order valence-corrected chi connectivity index (χ1v) is 7.36. The van der Waals surface area contributed by atoms with Gasteiger partial charge in [-0.25, -0.2) is 4.98 Å². The molecule has 4 rings (SSSR count). The van der Waals surface area contributed by atoms with Crippen LogP contribution in [0.25, 0.3) is 22.2 Å². The Morgan fingerprint density at radius 3 is 3.09 bits per heavy atom. The fourth-order valence-electron chi connectivity index (χ4n) is 2.97. The lowest BCUT2D eigenvalue weighted by atomic mass is 9.96. The second-order valence-corrected chi connectivity index (χ2v) is 5.58. The quantitative estimate of drug-likeness (QED) is 0.746. The number of benzene rings is 1. The molecule has 0 saturated heterocycles. The molecule has 2 aromatic heterocycles. The van der Waals surface area contributed by atoms with Crippen LogP contribution >= 0.6 is 0 Å². The molecule has 0 fully saturated rings. The third kappa shape index (κ3) is 2.06. The van der Waals surface area contributed by atoms with Crippen LogP contribution in [-0.2, 0) is 11.2 Å². The van der Waals surface area contributed by atoms with Crippen LogP contribution in [0.1, 0.15) is 24.1 Å². The van der Waals surface area contributed by atoms with Gasteiger partial charge in [-0.2, -0.15) is 0 Å². The Kier molecular flexibility index (Phi) is 2.92. The van der Waals surface area contributed by atoms with Crippen molar-refractivity contribution in [3.8, 4) is 11.1 Å². The van der Waals surface area contributed by atoms with Crippen molar-refractivity contribution >= 4 is 22.7 Å². The summed E-state index contributed by atoms with van der Waals surface area (Å²) in [6, 6.07) is 8.04. The van der Waals surface area contributed by atoms with Gasteiger partial charge in [0.1, 0.15) is 0 Å². The van der Waals surface area contributed by atoms with Crippen LogP contribution in [0.15, 0.2) is 35.0 Å². The molecular formula is C17H15N3O2. The minimum atomic E-state index is 0.0827.